The van der Waals surface area contributed by atoms with Gasteiger partial charge in [0.1, 0.15) is 23.8 Å². The molecule has 0 aliphatic carbocycles. The quantitative estimate of drug-likeness (QED) is 0.773. The summed E-state index contributed by atoms with van der Waals surface area (Å²) in [4.78, 5) is 25.8. The number of carbonyl (C=O) groups is 2. The minimum atomic E-state index is -0.966. The summed E-state index contributed by atoms with van der Waals surface area (Å²) in [7, 11) is 0. The summed E-state index contributed by atoms with van der Waals surface area (Å²) < 4.78 is 23.8. The first-order chi connectivity index (χ1) is 10.4. The van der Waals surface area contributed by atoms with E-state index in [0.29, 0.717) is 5.69 Å². The Labute approximate surface area is 126 Å². The molecule has 1 atom stereocenters. The highest BCUT2D eigenvalue weighted by molar-refractivity contribution is 5.92. The van der Waals surface area contributed by atoms with E-state index in [1.807, 2.05) is 0 Å². The zero-order valence-electron chi connectivity index (χ0n) is 12.0. The average Bonchev–Trinajstić information content (AvgIpc) is 2.46. The number of hydrogen-bond acceptors (Lipinski definition) is 6. The van der Waals surface area contributed by atoms with E-state index < -0.39 is 23.9 Å². The molecule has 118 valence electrons. The number of ether oxygens (including phenoxy) is 2. The predicted molar refractivity (Wildman–Crippen MR) is 76.8 cm³/mol. The molecule has 1 aromatic carbocycles. The van der Waals surface area contributed by atoms with Gasteiger partial charge in [0, 0.05) is 11.3 Å². The van der Waals surface area contributed by atoms with Crippen molar-refractivity contribution in [2.75, 3.05) is 25.1 Å². The fourth-order valence-corrected chi connectivity index (χ4v) is 2.20. The molecule has 1 aliphatic rings. The number of benzene rings is 1. The Bertz CT molecular complexity index is 620. The highest BCUT2D eigenvalue weighted by atomic mass is 19.1. The molecule has 0 spiro atoms. The first-order valence-corrected chi connectivity index (χ1v) is 6.52. The van der Waals surface area contributed by atoms with Gasteiger partial charge in [0.05, 0.1) is 6.61 Å². The molecule has 0 bridgehead atoms. The molecular weight excluding hydrogens is 293 g/mol. The fraction of sp³-hybridized carbons (Fsp3) is 0.357. The molecule has 0 aromatic heterocycles. The van der Waals surface area contributed by atoms with Crippen molar-refractivity contribution in [1.29, 1.82) is 0 Å². The molecule has 1 aliphatic heterocycles. The Morgan fingerprint density at radius 2 is 2.41 bits per heavy atom. The average molecular weight is 309 g/mol. The van der Waals surface area contributed by atoms with Crippen LogP contribution in [0.25, 0.3) is 0 Å². The number of nitrogens with zero attached hydrogens (tertiary/aromatic N) is 1. The van der Waals surface area contributed by atoms with Crippen LogP contribution in [-0.4, -0.2) is 38.0 Å². The van der Waals surface area contributed by atoms with E-state index in [1.54, 1.807) is 6.92 Å². The number of hydrogen-bond donors (Lipinski definition) is 2. The number of rotatable bonds is 5. The number of amidine groups is 1. The zero-order chi connectivity index (χ0) is 16.2. The van der Waals surface area contributed by atoms with Crippen LogP contribution in [0.5, 0.6) is 0 Å². The lowest BCUT2D eigenvalue weighted by atomic mass is 9.92. The second kappa shape index (κ2) is 6.52. The van der Waals surface area contributed by atoms with Gasteiger partial charge in [0.15, 0.2) is 6.61 Å². The van der Waals surface area contributed by atoms with E-state index in [1.165, 1.54) is 18.2 Å². The van der Waals surface area contributed by atoms with Gasteiger partial charge in [-0.1, -0.05) is 0 Å². The Morgan fingerprint density at radius 1 is 1.64 bits per heavy atom. The van der Waals surface area contributed by atoms with Gasteiger partial charge < -0.3 is 20.5 Å². The monoisotopic (exact) mass is 309 g/mol. The van der Waals surface area contributed by atoms with Crippen molar-refractivity contribution in [2.24, 2.45) is 10.7 Å². The maximum atomic E-state index is 14.1. The van der Waals surface area contributed by atoms with Gasteiger partial charge in [-0.3, -0.25) is 14.6 Å². The van der Waals surface area contributed by atoms with Gasteiger partial charge in [-0.25, -0.2) is 4.39 Å². The van der Waals surface area contributed by atoms with E-state index in [4.69, 9.17) is 10.5 Å². The summed E-state index contributed by atoms with van der Waals surface area (Å²) in [6, 6.07) is 4.08. The van der Waals surface area contributed by atoms with Gasteiger partial charge in [0.2, 0.25) is 0 Å². The molecule has 2 rings (SSSR count). The number of aliphatic imine (C=N–C) groups is 1. The van der Waals surface area contributed by atoms with Crippen LogP contribution in [0, 0.1) is 5.82 Å². The first-order valence-electron chi connectivity index (χ1n) is 6.52. The predicted octanol–water partition coefficient (Wildman–Crippen LogP) is 0.540. The SMILES string of the molecule is C[C@@]1(c2cc(NC(=O)COC=O)ccc2F)COCC(N)=N1. The summed E-state index contributed by atoms with van der Waals surface area (Å²) in [5.74, 6) is -0.730. The molecule has 1 heterocycles. The van der Waals surface area contributed by atoms with Crippen molar-refractivity contribution in [3.8, 4) is 0 Å². The molecule has 0 unspecified atom stereocenters. The van der Waals surface area contributed by atoms with Gasteiger partial charge >= 0.3 is 0 Å². The first kappa shape index (κ1) is 15.9. The van der Waals surface area contributed by atoms with Gasteiger partial charge in [-0.15, -0.1) is 0 Å². The lowest BCUT2D eigenvalue weighted by Crippen LogP contribution is -2.38. The Morgan fingerprint density at radius 3 is 3.09 bits per heavy atom. The zero-order valence-corrected chi connectivity index (χ0v) is 12.0. The molecule has 3 N–H and O–H groups in total. The Balaban J connectivity index is 2.25. The third-order valence-electron chi connectivity index (χ3n) is 3.14. The second-order valence-electron chi connectivity index (χ2n) is 5.02. The third-order valence-corrected chi connectivity index (χ3v) is 3.14. The molecule has 0 radical (unpaired) electrons. The smallest absolute Gasteiger partial charge is 0.293 e. The van der Waals surface area contributed by atoms with E-state index in [-0.39, 0.29) is 31.1 Å². The number of halogens is 1. The maximum absolute atomic E-state index is 14.1. The minimum Gasteiger partial charge on any atom is -0.458 e. The van der Waals surface area contributed by atoms with E-state index >= 15 is 0 Å². The van der Waals surface area contributed by atoms with Crippen molar-refractivity contribution >= 4 is 23.9 Å². The number of anilines is 1. The van der Waals surface area contributed by atoms with E-state index in [9.17, 15) is 14.0 Å². The number of nitrogens with one attached hydrogen (secondary N) is 1. The van der Waals surface area contributed by atoms with Crippen LogP contribution in [0.4, 0.5) is 10.1 Å². The summed E-state index contributed by atoms with van der Waals surface area (Å²) in [5, 5.41) is 2.50. The largest absolute Gasteiger partial charge is 0.458 e. The molecule has 0 saturated heterocycles. The van der Waals surface area contributed by atoms with Crippen LogP contribution >= 0.6 is 0 Å². The lowest BCUT2D eigenvalue weighted by molar-refractivity contribution is -0.135. The molecule has 1 aromatic rings. The van der Waals surface area contributed by atoms with E-state index in [2.05, 4.69) is 15.0 Å². The van der Waals surface area contributed by atoms with Crippen LogP contribution < -0.4 is 11.1 Å². The molecular formula is C14H16FN3O4. The normalized spacial score (nSPS) is 20.9. The molecule has 1 amide bonds. The Kier molecular flexibility index (Phi) is 4.71. The van der Waals surface area contributed by atoms with Gasteiger partial charge in [-0.2, -0.15) is 0 Å². The highest BCUT2D eigenvalue weighted by Crippen LogP contribution is 2.32. The summed E-state index contributed by atoms with van der Waals surface area (Å²) >= 11 is 0. The third kappa shape index (κ3) is 3.59. The van der Waals surface area contributed by atoms with Crippen molar-refractivity contribution in [2.45, 2.75) is 12.5 Å². The molecule has 22 heavy (non-hydrogen) atoms. The number of nitrogens with two attached hydrogens (primary N) is 1. The second-order valence-corrected chi connectivity index (χ2v) is 5.02. The number of amides is 1. The van der Waals surface area contributed by atoms with Crippen molar-refractivity contribution in [3.05, 3.63) is 29.6 Å². The van der Waals surface area contributed by atoms with Crippen LogP contribution in [-0.2, 0) is 24.6 Å². The minimum absolute atomic E-state index is 0.174. The van der Waals surface area contributed by atoms with Crippen LogP contribution in [0.3, 0.4) is 0 Å². The van der Waals surface area contributed by atoms with Crippen LogP contribution in [0.1, 0.15) is 12.5 Å². The Hall–Kier alpha value is -2.48. The van der Waals surface area contributed by atoms with Crippen molar-refractivity contribution < 1.29 is 23.5 Å². The molecule has 7 nitrogen and oxygen atoms in total. The summed E-state index contributed by atoms with van der Waals surface area (Å²) in [6.45, 7) is 1.83. The summed E-state index contributed by atoms with van der Waals surface area (Å²) in [6.07, 6.45) is 0. The van der Waals surface area contributed by atoms with Crippen molar-refractivity contribution in [3.63, 3.8) is 0 Å². The molecule has 0 saturated carbocycles. The molecule has 0 fully saturated rings. The number of carbonyl (C=O) groups excluding carboxylic acids is 2. The maximum Gasteiger partial charge on any atom is 0.293 e. The van der Waals surface area contributed by atoms with Gasteiger partial charge in [-0.05, 0) is 25.1 Å². The van der Waals surface area contributed by atoms with Gasteiger partial charge in [0.25, 0.3) is 12.4 Å². The van der Waals surface area contributed by atoms with Crippen LogP contribution in [0.15, 0.2) is 23.2 Å². The van der Waals surface area contributed by atoms with Crippen molar-refractivity contribution in [1.82, 2.24) is 0 Å². The van der Waals surface area contributed by atoms with Crippen LogP contribution in [0.2, 0.25) is 0 Å². The standard InChI is InChI=1S/C14H16FN3O4/c1-14(7-21-5-12(16)18-14)10-4-9(2-3-11(10)15)17-13(20)6-22-8-19/h2-4,8H,5-7H2,1H3,(H2,16,18)(H,17,20)/t14-/m0/s1. The highest BCUT2D eigenvalue weighted by Gasteiger charge is 2.32. The fourth-order valence-electron chi connectivity index (χ4n) is 2.20. The summed E-state index contributed by atoms with van der Waals surface area (Å²) in [5.41, 5.74) is 5.30. The van der Waals surface area contributed by atoms with E-state index in [0.717, 1.165) is 0 Å². The topological polar surface area (TPSA) is 103 Å². The molecule has 8 heteroatoms. The lowest BCUT2D eigenvalue weighted by Gasteiger charge is -2.30.